The van der Waals surface area contributed by atoms with Crippen LogP contribution >= 0.6 is 11.3 Å². The number of carbonyl (C=O) groups is 1. The van der Waals surface area contributed by atoms with E-state index in [-0.39, 0.29) is 17.0 Å². The van der Waals surface area contributed by atoms with Gasteiger partial charge in [-0.1, -0.05) is 30.3 Å². The number of benzene rings is 1. The zero-order chi connectivity index (χ0) is 20.8. The van der Waals surface area contributed by atoms with Crippen LogP contribution in [0.15, 0.2) is 35.1 Å². The highest BCUT2D eigenvalue weighted by atomic mass is 32.1. The van der Waals surface area contributed by atoms with Crippen LogP contribution in [0.1, 0.15) is 51.4 Å². The zero-order valence-electron chi connectivity index (χ0n) is 17.1. The number of nitrogens with one attached hydrogen (secondary N) is 1. The Balaban J connectivity index is 1.69. The molecule has 4 rings (SSSR count). The lowest BCUT2D eigenvalue weighted by atomic mass is 9.72. The first-order chi connectivity index (χ1) is 13.8. The Morgan fingerprint density at radius 3 is 2.45 bits per heavy atom. The summed E-state index contributed by atoms with van der Waals surface area (Å²) >= 11 is 1.27. The Morgan fingerprint density at radius 2 is 1.83 bits per heavy atom. The molecular weight excluding hydrogens is 384 g/mol. The van der Waals surface area contributed by atoms with Crippen molar-refractivity contribution in [3.05, 3.63) is 68.1 Å². The van der Waals surface area contributed by atoms with Crippen LogP contribution in [-0.4, -0.2) is 20.7 Å². The summed E-state index contributed by atoms with van der Waals surface area (Å²) in [5, 5.41) is 8.05. The van der Waals surface area contributed by atoms with Gasteiger partial charge in [-0.25, -0.2) is 9.67 Å². The number of aryl methyl sites for hydroxylation is 3. The van der Waals surface area contributed by atoms with Crippen molar-refractivity contribution in [3.8, 4) is 10.6 Å². The number of rotatable bonds is 4. The Kier molecular flexibility index (Phi) is 4.86. The van der Waals surface area contributed by atoms with Crippen LogP contribution in [0.25, 0.3) is 10.6 Å². The molecule has 0 atom stereocenters. The fourth-order valence-electron chi connectivity index (χ4n) is 3.86. The molecule has 0 aliphatic heterocycles. The molecule has 2 aromatic heterocycles. The van der Waals surface area contributed by atoms with Crippen LogP contribution in [0.2, 0.25) is 0 Å². The molecule has 1 aliphatic carbocycles. The minimum Gasteiger partial charge on any atom is -0.342 e. The Hall–Kier alpha value is -2.80. The lowest BCUT2D eigenvalue weighted by Gasteiger charge is -2.43. The summed E-state index contributed by atoms with van der Waals surface area (Å²) in [5.74, 6) is -0.130. The summed E-state index contributed by atoms with van der Waals surface area (Å²) in [6.07, 6.45) is 2.95. The zero-order valence-corrected chi connectivity index (χ0v) is 17.9. The predicted octanol–water partition coefficient (Wildman–Crippen LogP) is 3.64. The molecule has 1 N–H and O–H groups in total. The third-order valence-electron chi connectivity index (χ3n) is 5.83. The summed E-state index contributed by atoms with van der Waals surface area (Å²) < 4.78 is 1.33. The van der Waals surface area contributed by atoms with E-state index in [0.29, 0.717) is 21.1 Å². The van der Waals surface area contributed by atoms with Crippen molar-refractivity contribution in [1.29, 1.82) is 0 Å². The van der Waals surface area contributed by atoms with Crippen molar-refractivity contribution in [2.24, 2.45) is 7.05 Å². The van der Waals surface area contributed by atoms with Gasteiger partial charge in [0.2, 0.25) is 0 Å². The average Bonchev–Trinajstić information content (AvgIpc) is 3.05. The first-order valence-corrected chi connectivity index (χ1v) is 10.5. The standard InChI is InChI=1S/C22H24N4O2S/c1-13-14(2)25-26(4)21(28)17(13)20-23-15(3)18(29-20)19(27)24-22(11-8-12-22)16-9-6-5-7-10-16/h5-7,9-10H,8,11-12H2,1-4H3,(H,24,27). The molecule has 0 spiro atoms. The fraction of sp³-hybridized carbons (Fsp3) is 0.364. The molecule has 29 heavy (non-hydrogen) atoms. The Morgan fingerprint density at radius 1 is 1.14 bits per heavy atom. The molecule has 1 fully saturated rings. The van der Waals surface area contributed by atoms with Gasteiger partial charge in [0.05, 0.1) is 22.5 Å². The van der Waals surface area contributed by atoms with Gasteiger partial charge in [0.15, 0.2) is 0 Å². The third-order valence-corrected chi connectivity index (χ3v) is 7.00. The molecule has 150 valence electrons. The maximum absolute atomic E-state index is 13.2. The van der Waals surface area contributed by atoms with Crippen molar-refractivity contribution in [1.82, 2.24) is 20.1 Å². The van der Waals surface area contributed by atoms with Crippen LogP contribution < -0.4 is 10.9 Å². The predicted molar refractivity (Wildman–Crippen MR) is 114 cm³/mol. The molecule has 0 radical (unpaired) electrons. The van der Waals surface area contributed by atoms with Gasteiger partial charge in [-0.3, -0.25) is 9.59 Å². The van der Waals surface area contributed by atoms with Gasteiger partial charge in [-0.2, -0.15) is 5.10 Å². The third kappa shape index (κ3) is 3.29. The number of amides is 1. The van der Waals surface area contributed by atoms with Crippen molar-refractivity contribution < 1.29 is 4.79 Å². The SMILES string of the molecule is Cc1nc(-c2c(C)c(C)nn(C)c2=O)sc1C(=O)NC1(c2ccccc2)CCC1. The van der Waals surface area contributed by atoms with Gasteiger partial charge in [-0.05, 0) is 51.2 Å². The molecule has 0 bridgehead atoms. The highest BCUT2D eigenvalue weighted by Crippen LogP contribution is 2.41. The second-order valence-corrected chi connectivity index (χ2v) is 8.70. The van der Waals surface area contributed by atoms with E-state index >= 15 is 0 Å². The van der Waals surface area contributed by atoms with Gasteiger partial charge in [0.1, 0.15) is 9.88 Å². The minimum atomic E-state index is -0.311. The summed E-state index contributed by atoms with van der Waals surface area (Å²) in [4.78, 5) is 31.0. The Labute approximate surface area is 173 Å². The summed E-state index contributed by atoms with van der Waals surface area (Å²) in [6, 6.07) is 10.1. The van der Waals surface area contributed by atoms with Crippen molar-refractivity contribution in [2.45, 2.75) is 45.6 Å². The molecule has 3 aromatic rings. The lowest BCUT2D eigenvalue weighted by molar-refractivity contribution is 0.0827. The number of nitrogens with zero attached hydrogens (tertiary/aromatic N) is 3. The lowest BCUT2D eigenvalue weighted by Crippen LogP contribution is -2.50. The largest absolute Gasteiger partial charge is 0.342 e. The van der Waals surface area contributed by atoms with Gasteiger partial charge in [-0.15, -0.1) is 11.3 Å². The molecule has 0 saturated heterocycles. The van der Waals surface area contributed by atoms with Crippen LogP contribution in [0.3, 0.4) is 0 Å². The fourth-order valence-corrected chi connectivity index (χ4v) is 4.92. The van der Waals surface area contributed by atoms with Crippen LogP contribution in [-0.2, 0) is 12.6 Å². The molecule has 1 aliphatic rings. The molecule has 7 heteroatoms. The van der Waals surface area contributed by atoms with E-state index in [9.17, 15) is 9.59 Å². The number of hydrogen-bond donors (Lipinski definition) is 1. The van der Waals surface area contributed by atoms with Crippen molar-refractivity contribution in [3.63, 3.8) is 0 Å². The minimum absolute atomic E-state index is 0.130. The van der Waals surface area contributed by atoms with Crippen molar-refractivity contribution >= 4 is 17.2 Å². The van der Waals surface area contributed by atoms with E-state index in [1.807, 2.05) is 39.0 Å². The van der Waals surface area contributed by atoms with Crippen LogP contribution in [0.5, 0.6) is 0 Å². The quantitative estimate of drug-likeness (QED) is 0.715. The van der Waals surface area contributed by atoms with Crippen LogP contribution in [0, 0.1) is 20.8 Å². The number of hydrogen-bond acceptors (Lipinski definition) is 5. The first-order valence-electron chi connectivity index (χ1n) is 9.73. The number of aromatic nitrogens is 3. The maximum Gasteiger partial charge on any atom is 0.277 e. The van der Waals surface area contributed by atoms with Gasteiger partial charge < -0.3 is 5.32 Å². The van der Waals surface area contributed by atoms with Gasteiger partial charge in [0, 0.05) is 7.05 Å². The molecule has 1 amide bonds. The second kappa shape index (κ2) is 7.22. The molecular formula is C22H24N4O2S. The Bertz CT molecular complexity index is 1140. The molecule has 1 saturated carbocycles. The van der Waals surface area contributed by atoms with E-state index in [1.165, 1.54) is 16.0 Å². The average molecular weight is 409 g/mol. The second-order valence-electron chi connectivity index (χ2n) is 7.70. The highest BCUT2D eigenvalue weighted by Gasteiger charge is 2.40. The van der Waals surface area contributed by atoms with E-state index < -0.39 is 0 Å². The van der Waals surface area contributed by atoms with Crippen molar-refractivity contribution in [2.75, 3.05) is 0 Å². The van der Waals surface area contributed by atoms with E-state index in [2.05, 4.69) is 27.5 Å². The van der Waals surface area contributed by atoms with E-state index in [1.54, 1.807) is 7.05 Å². The van der Waals surface area contributed by atoms with Crippen LogP contribution in [0.4, 0.5) is 0 Å². The molecule has 0 unspecified atom stereocenters. The molecule has 6 nitrogen and oxygen atoms in total. The van der Waals surface area contributed by atoms with E-state index in [4.69, 9.17) is 0 Å². The summed E-state index contributed by atoms with van der Waals surface area (Å²) in [7, 11) is 1.63. The molecule has 1 aromatic carbocycles. The maximum atomic E-state index is 13.2. The van der Waals surface area contributed by atoms with Gasteiger partial charge >= 0.3 is 0 Å². The summed E-state index contributed by atoms with van der Waals surface area (Å²) in [6.45, 7) is 5.56. The number of thiazole rings is 1. The summed E-state index contributed by atoms with van der Waals surface area (Å²) in [5.41, 5.74) is 3.36. The van der Waals surface area contributed by atoms with E-state index in [0.717, 1.165) is 36.1 Å². The first kappa shape index (κ1) is 19.5. The topological polar surface area (TPSA) is 76.9 Å². The normalized spacial score (nSPS) is 15.0. The highest BCUT2D eigenvalue weighted by molar-refractivity contribution is 7.17. The monoisotopic (exact) mass is 408 g/mol. The number of carbonyl (C=O) groups excluding carboxylic acids is 1. The van der Waals surface area contributed by atoms with Gasteiger partial charge in [0.25, 0.3) is 11.5 Å². The smallest absolute Gasteiger partial charge is 0.277 e. The molecule has 2 heterocycles.